The quantitative estimate of drug-likeness (QED) is 0.608. The average molecular weight is 437 g/mol. The Bertz CT molecular complexity index is 1050. The van der Waals surface area contributed by atoms with Crippen LogP contribution in [0, 0.1) is 0 Å². The minimum absolute atomic E-state index is 0.114. The molecular formula is C23H24N4O3S. The van der Waals surface area contributed by atoms with E-state index in [0.29, 0.717) is 16.6 Å². The van der Waals surface area contributed by atoms with Crippen molar-refractivity contribution in [1.82, 2.24) is 15.2 Å². The van der Waals surface area contributed by atoms with Crippen molar-refractivity contribution in [2.75, 3.05) is 25.2 Å². The summed E-state index contributed by atoms with van der Waals surface area (Å²) < 4.78 is 10.7. The summed E-state index contributed by atoms with van der Waals surface area (Å²) in [5.74, 6) is 1.33. The van der Waals surface area contributed by atoms with Gasteiger partial charge in [-0.3, -0.25) is 9.69 Å². The molecule has 0 spiro atoms. The van der Waals surface area contributed by atoms with Gasteiger partial charge in [0.25, 0.3) is 5.91 Å². The number of nitrogens with zero attached hydrogens (tertiary/aromatic N) is 2. The Balaban J connectivity index is 1.12. The second-order valence-electron chi connectivity index (χ2n) is 7.74. The smallest absolute Gasteiger partial charge is 0.271 e. The zero-order valence-corrected chi connectivity index (χ0v) is 17.9. The Morgan fingerprint density at radius 3 is 2.74 bits per heavy atom. The number of carbonyl (C=O) groups is 1. The van der Waals surface area contributed by atoms with Crippen LogP contribution in [-0.2, 0) is 6.54 Å². The SMILES string of the molecule is O=C(NC1CCN(Cc2ccccc2)CC1)c1csc(Nc2ccc3c(c2)OCO3)n1. The monoisotopic (exact) mass is 436 g/mol. The van der Waals surface area contributed by atoms with Gasteiger partial charge in [-0.1, -0.05) is 30.3 Å². The molecule has 31 heavy (non-hydrogen) atoms. The van der Waals surface area contributed by atoms with Gasteiger partial charge in [-0.25, -0.2) is 4.98 Å². The van der Waals surface area contributed by atoms with E-state index in [1.807, 2.05) is 24.3 Å². The van der Waals surface area contributed by atoms with Gasteiger partial charge in [0.1, 0.15) is 5.69 Å². The van der Waals surface area contributed by atoms with Crippen molar-refractivity contribution >= 4 is 28.1 Å². The molecule has 0 atom stereocenters. The molecule has 1 saturated heterocycles. The van der Waals surface area contributed by atoms with Crippen LogP contribution in [-0.4, -0.2) is 41.7 Å². The molecule has 0 radical (unpaired) electrons. The highest BCUT2D eigenvalue weighted by Crippen LogP contribution is 2.35. The van der Waals surface area contributed by atoms with Crippen molar-refractivity contribution in [3.63, 3.8) is 0 Å². The molecule has 1 amide bonds. The number of likely N-dealkylation sites (tertiary alicyclic amines) is 1. The number of carbonyl (C=O) groups excluding carboxylic acids is 1. The molecule has 1 aromatic heterocycles. The van der Waals surface area contributed by atoms with Gasteiger partial charge in [-0.2, -0.15) is 0 Å². The number of thiazole rings is 1. The molecule has 1 fully saturated rings. The maximum absolute atomic E-state index is 12.7. The van der Waals surface area contributed by atoms with E-state index < -0.39 is 0 Å². The van der Waals surface area contributed by atoms with Crippen molar-refractivity contribution in [2.45, 2.75) is 25.4 Å². The van der Waals surface area contributed by atoms with E-state index in [1.54, 1.807) is 5.38 Å². The van der Waals surface area contributed by atoms with E-state index in [2.05, 4.69) is 44.8 Å². The van der Waals surface area contributed by atoms with Gasteiger partial charge in [0.15, 0.2) is 16.6 Å². The van der Waals surface area contributed by atoms with Crippen LogP contribution in [0.3, 0.4) is 0 Å². The van der Waals surface area contributed by atoms with Gasteiger partial charge in [0.2, 0.25) is 6.79 Å². The Labute approximate surface area is 185 Å². The highest BCUT2D eigenvalue weighted by Gasteiger charge is 2.22. The number of piperidine rings is 1. The maximum Gasteiger partial charge on any atom is 0.271 e. The Hall–Kier alpha value is -3.10. The number of amides is 1. The fraction of sp³-hybridized carbons (Fsp3) is 0.304. The van der Waals surface area contributed by atoms with Gasteiger partial charge < -0.3 is 20.1 Å². The van der Waals surface area contributed by atoms with Crippen molar-refractivity contribution in [3.05, 3.63) is 65.2 Å². The molecule has 0 saturated carbocycles. The lowest BCUT2D eigenvalue weighted by atomic mass is 10.0. The van der Waals surface area contributed by atoms with Crippen LogP contribution in [0.15, 0.2) is 53.9 Å². The van der Waals surface area contributed by atoms with Crippen molar-refractivity contribution in [3.8, 4) is 11.5 Å². The molecule has 160 valence electrons. The lowest BCUT2D eigenvalue weighted by molar-refractivity contribution is 0.0904. The van der Waals surface area contributed by atoms with Gasteiger partial charge in [-0.05, 0) is 30.5 Å². The number of ether oxygens (including phenoxy) is 2. The van der Waals surface area contributed by atoms with E-state index in [9.17, 15) is 4.79 Å². The van der Waals surface area contributed by atoms with E-state index in [1.165, 1.54) is 16.9 Å². The number of benzene rings is 2. The maximum atomic E-state index is 12.7. The van der Waals surface area contributed by atoms with Crippen LogP contribution >= 0.6 is 11.3 Å². The van der Waals surface area contributed by atoms with E-state index in [-0.39, 0.29) is 18.7 Å². The molecule has 3 aromatic rings. The molecule has 2 aliphatic heterocycles. The third kappa shape index (κ3) is 4.81. The van der Waals surface area contributed by atoms with Gasteiger partial charge in [0.05, 0.1) is 0 Å². The zero-order chi connectivity index (χ0) is 21.0. The number of hydrogen-bond donors (Lipinski definition) is 2. The first-order valence-electron chi connectivity index (χ1n) is 10.4. The van der Waals surface area contributed by atoms with Crippen molar-refractivity contribution in [1.29, 1.82) is 0 Å². The molecule has 2 aliphatic rings. The largest absolute Gasteiger partial charge is 0.454 e. The third-order valence-corrected chi connectivity index (χ3v) is 6.29. The Kier molecular flexibility index (Phi) is 5.73. The van der Waals surface area contributed by atoms with Gasteiger partial charge in [0, 0.05) is 42.8 Å². The van der Waals surface area contributed by atoms with Crippen LogP contribution in [0.5, 0.6) is 11.5 Å². The normalized spacial score (nSPS) is 16.3. The highest BCUT2D eigenvalue weighted by atomic mass is 32.1. The minimum atomic E-state index is -0.114. The van der Waals surface area contributed by atoms with Crippen LogP contribution < -0.4 is 20.1 Å². The summed E-state index contributed by atoms with van der Waals surface area (Å²) in [6.07, 6.45) is 1.90. The second kappa shape index (κ2) is 8.95. The number of nitrogens with one attached hydrogen (secondary N) is 2. The van der Waals surface area contributed by atoms with E-state index in [4.69, 9.17) is 9.47 Å². The van der Waals surface area contributed by atoms with Crippen molar-refractivity contribution < 1.29 is 14.3 Å². The molecule has 2 aromatic carbocycles. The first kappa shape index (κ1) is 19.8. The molecular weight excluding hydrogens is 412 g/mol. The number of aromatic nitrogens is 1. The first-order valence-corrected chi connectivity index (χ1v) is 11.3. The predicted molar refractivity (Wildman–Crippen MR) is 120 cm³/mol. The van der Waals surface area contributed by atoms with Gasteiger partial charge in [-0.15, -0.1) is 11.3 Å². The summed E-state index contributed by atoms with van der Waals surface area (Å²) in [5.41, 5.74) is 2.62. The number of fused-ring (bicyclic) bond motifs is 1. The zero-order valence-electron chi connectivity index (χ0n) is 17.0. The molecule has 0 aliphatic carbocycles. The summed E-state index contributed by atoms with van der Waals surface area (Å²) in [4.78, 5) is 19.5. The average Bonchev–Trinajstić information content (AvgIpc) is 3.45. The summed E-state index contributed by atoms with van der Waals surface area (Å²) in [6, 6.07) is 16.3. The lowest BCUT2D eigenvalue weighted by Gasteiger charge is -2.32. The molecule has 2 N–H and O–H groups in total. The minimum Gasteiger partial charge on any atom is -0.454 e. The number of anilines is 2. The number of rotatable bonds is 6. The fourth-order valence-electron chi connectivity index (χ4n) is 3.87. The Morgan fingerprint density at radius 1 is 1.10 bits per heavy atom. The molecule has 3 heterocycles. The standard InChI is InChI=1S/C23H24N4O3S/c28-22(24-17-8-10-27(11-9-17)13-16-4-2-1-3-5-16)19-14-31-23(26-19)25-18-6-7-20-21(12-18)30-15-29-20/h1-7,12,14,17H,8-11,13,15H2,(H,24,28)(H,25,26). The summed E-state index contributed by atoms with van der Waals surface area (Å²) >= 11 is 1.41. The number of hydrogen-bond acceptors (Lipinski definition) is 7. The van der Waals surface area contributed by atoms with Crippen LogP contribution in [0.4, 0.5) is 10.8 Å². The van der Waals surface area contributed by atoms with E-state index >= 15 is 0 Å². The second-order valence-corrected chi connectivity index (χ2v) is 8.60. The third-order valence-electron chi connectivity index (χ3n) is 5.53. The topological polar surface area (TPSA) is 75.7 Å². The Morgan fingerprint density at radius 2 is 1.90 bits per heavy atom. The summed E-state index contributed by atoms with van der Waals surface area (Å²) in [7, 11) is 0. The molecule has 0 bridgehead atoms. The lowest BCUT2D eigenvalue weighted by Crippen LogP contribution is -2.44. The highest BCUT2D eigenvalue weighted by molar-refractivity contribution is 7.14. The van der Waals surface area contributed by atoms with E-state index in [0.717, 1.165) is 43.9 Å². The van der Waals surface area contributed by atoms with Crippen LogP contribution in [0.1, 0.15) is 28.9 Å². The predicted octanol–water partition coefficient (Wildman–Crippen LogP) is 4.01. The first-order chi connectivity index (χ1) is 15.2. The van der Waals surface area contributed by atoms with Gasteiger partial charge >= 0.3 is 0 Å². The molecule has 7 nitrogen and oxygen atoms in total. The van der Waals surface area contributed by atoms with Crippen LogP contribution in [0.25, 0.3) is 0 Å². The van der Waals surface area contributed by atoms with Crippen molar-refractivity contribution in [2.24, 2.45) is 0 Å². The summed E-state index contributed by atoms with van der Waals surface area (Å²) in [6.45, 7) is 3.16. The molecule has 0 unspecified atom stereocenters. The molecule has 8 heteroatoms. The fourth-order valence-corrected chi connectivity index (χ4v) is 4.58. The van der Waals surface area contributed by atoms with Crippen LogP contribution in [0.2, 0.25) is 0 Å². The molecule has 5 rings (SSSR count). The summed E-state index contributed by atoms with van der Waals surface area (Å²) in [5, 5.41) is 8.83.